The summed E-state index contributed by atoms with van der Waals surface area (Å²) < 4.78 is 6.98. The van der Waals surface area contributed by atoms with Crippen molar-refractivity contribution < 1.29 is 9.53 Å². The molecule has 0 spiro atoms. The van der Waals surface area contributed by atoms with Crippen LogP contribution >= 0.6 is 23.1 Å². The molecule has 1 fully saturated rings. The Morgan fingerprint density at radius 2 is 2.00 bits per heavy atom. The van der Waals surface area contributed by atoms with Gasteiger partial charge in [0.2, 0.25) is 5.91 Å². The molecule has 4 nitrogen and oxygen atoms in total. The minimum atomic E-state index is 0.112. The van der Waals surface area contributed by atoms with Gasteiger partial charge in [0.25, 0.3) is 0 Å². The molecule has 0 bridgehead atoms. The second-order valence-electron chi connectivity index (χ2n) is 8.26. The van der Waals surface area contributed by atoms with Gasteiger partial charge < -0.3 is 4.74 Å². The van der Waals surface area contributed by atoms with Gasteiger partial charge in [0.15, 0.2) is 5.13 Å². The van der Waals surface area contributed by atoms with Gasteiger partial charge in [-0.3, -0.25) is 9.69 Å². The molecule has 1 unspecified atom stereocenters. The molecular weight excluding hydrogens is 424 g/mol. The quantitative estimate of drug-likeness (QED) is 0.296. The lowest BCUT2D eigenvalue weighted by molar-refractivity contribution is -0.119. The third kappa shape index (κ3) is 5.48. The highest BCUT2D eigenvalue weighted by Crippen LogP contribution is 2.33. The number of hydrogen-bond acceptors (Lipinski definition) is 5. The molecule has 0 radical (unpaired) electrons. The number of thioether (sulfide) groups is 1. The van der Waals surface area contributed by atoms with Crippen LogP contribution in [-0.2, 0) is 9.53 Å². The van der Waals surface area contributed by atoms with Crippen LogP contribution in [0.4, 0.5) is 5.13 Å². The van der Waals surface area contributed by atoms with Crippen LogP contribution in [0.2, 0.25) is 0 Å². The average molecular weight is 455 g/mol. The SMILES string of the molecule is Cc1ccc(SCCCC(=O)N(CC2CCCO2)c2nc3c(C)c(C)ccc3s2)cc1. The molecule has 1 atom stereocenters. The predicted octanol–water partition coefficient (Wildman–Crippen LogP) is 6.31. The van der Waals surface area contributed by atoms with E-state index in [1.807, 2.05) is 16.7 Å². The fraction of sp³-hybridized carbons (Fsp3) is 0.440. The molecule has 0 aliphatic carbocycles. The van der Waals surface area contributed by atoms with Gasteiger partial charge in [0.1, 0.15) is 0 Å². The second-order valence-corrected chi connectivity index (χ2v) is 10.4. The lowest BCUT2D eigenvalue weighted by Gasteiger charge is -2.23. The van der Waals surface area contributed by atoms with E-state index in [2.05, 4.69) is 57.2 Å². The number of aromatic nitrogens is 1. The summed E-state index contributed by atoms with van der Waals surface area (Å²) in [5.74, 6) is 1.08. The molecule has 1 saturated heterocycles. The molecule has 0 N–H and O–H groups in total. The molecule has 4 rings (SSSR count). The van der Waals surface area contributed by atoms with Crippen molar-refractivity contribution in [3.63, 3.8) is 0 Å². The van der Waals surface area contributed by atoms with E-state index in [9.17, 15) is 4.79 Å². The molecule has 164 valence electrons. The van der Waals surface area contributed by atoms with Crippen molar-refractivity contribution in [2.45, 2.75) is 57.5 Å². The predicted molar refractivity (Wildman–Crippen MR) is 132 cm³/mol. The summed E-state index contributed by atoms with van der Waals surface area (Å²) in [5, 5.41) is 0.801. The van der Waals surface area contributed by atoms with Gasteiger partial charge in [0, 0.05) is 17.9 Å². The van der Waals surface area contributed by atoms with E-state index in [1.54, 1.807) is 11.3 Å². The number of rotatable bonds is 8. The van der Waals surface area contributed by atoms with Crippen molar-refractivity contribution >= 4 is 44.4 Å². The highest BCUT2D eigenvalue weighted by Gasteiger charge is 2.26. The third-order valence-electron chi connectivity index (χ3n) is 5.84. The summed E-state index contributed by atoms with van der Waals surface area (Å²) in [4.78, 5) is 21.3. The van der Waals surface area contributed by atoms with Crippen LogP contribution < -0.4 is 4.90 Å². The second kappa shape index (κ2) is 10.2. The zero-order chi connectivity index (χ0) is 21.8. The van der Waals surface area contributed by atoms with E-state index < -0.39 is 0 Å². The zero-order valence-corrected chi connectivity index (χ0v) is 20.2. The molecule has 3 aromatic rings. The van der Waals surface area contributed by atoms with Gasteiger partial charge in [-0.25, -0.2) is 4.98 Å². The van der Waals surface area contributed by atoms with Crippen molar-refractivity contribution in [2.75, 3.05) is 23.8 Å². The van der Waals surface area contributed by atoms with Gasteiger partial charge >= 0.3 is 0 Å². The lowest BCUT2D eigenvalue weighted by atomic mass is 10.1. The van der Waals surface area contributed by atoms with Crippen molar-refractivity contribution in [1.82, 2.24) is 4.98 Å². The van der Waals surface area contributed by atoms with Crippen LogP contribution in [0.3, 0.4) is 0 Å². The number of anilines is 1. The topological polar surface area (TPSA) is 42.4 Å². The Bertz CT molecular complexity index is 1040. The summed E-state index contributed by atoms with van der Waals surface area (Å²) >= 11 is 3.42. The van der Waals surface area contributed by atoms with Crippen LogP contribution in [0.25, 0.3) is 10.2 Å². The molecule has 31 heavy (non-hydrogen) atoms. The standard InChI is InChI=1S/C25H30N2O2S2/c1-17-8-11-21(12-9-17)30-15-5-7-23(28)27(16-20-6-4-14-29-20)25-26-24-19(3)18(2)10-13-22(24)31-25/h8-13,20H,4-7,14-16H2,1-3H3. The highest BCUT2D eigenvalue weighted by atomic mass is 32.2. The Kier molecular flexibility index (Phi) is 7.31. The van der Waals surface area contributed by atoms with Crippen LogP contribution in [0.5, 0.6) is 0 Å². The van der Waals surface area contributed by atoms with E-state index in [0.717, 1.165) is 47.0 Å². The van der Waals surface area contributed by atoms with Crippen LogP contribution in [-0.4, -0.2) is 35.9 Å². The van der Waals surface area contributed by atoms with Crippen LogP contribution in [0.1, 0.15) is 42.4 Å². The van der Waals surface area contributed by atoms with E-state index in [0.29, 0.717) is 13.0 Å². The minimum absolute atomic E-state index is 0.112. The largest absolute Gasteiger partial charge is 0.376 e. The van der Waals surface area contributed by atoms with E-state index >= 15 is 0 Å². The van der Waals surface area contributed by atoms with Crippen molar-refractivity contribution in [3.05, 3.63) is 53.1 Å². The third-order valence-corrected chi connectivity index (χ3v) is 7.98. The maximum absolute atomic E-state index is 13.2. The van der Waals surface area contributed by atoms with Crippen molar-refractivity contribution in [2.24, 2.45) is 0 Å². The maximum atomic E-state index is 13.2. The highest BCUT2D eigenvalue weighted by molar-refractivity contribution is 7.99. The number of ether oxygens (including phenoxy) is 1. The minimum Gasteiger partial charge on any atom is -0.376 e. The number of thiazole rings is 1. The molecule has 1 aliphatic rings. The summed E-state index contributed by atoms with van der Waals surface area (Å²) in [6.07, 6.45) is 3.57. The molecule has 1 aromatic heterocycles. The summed E-state index contributed by atoms with van der Waals surface area (Å²) in [6, 6.07) is 12.8. The monoisotopic (exact) mass is 454 g/mol. The number of fused-ring (bicyclic) bond motifs is 1. The number of carbonyl (C=O) groups excluding carboxylic acids is 1. The first-order chi connectivity index (χ1) is 15.0. The summed E-state index contributed by atoms with van der Waals surface area (Å²) in [6.45, 7) is 7.70. The van der Waals surface area contributed by atoms with Gasteiger partial charge in [-0.05, 0) is 75.1 Å². The molecule has 1 aliphatic heterocycles. The van der Waals surface area contributed by atoms with Gasteiger partial charge in [0.05, 0.1) is 22.9 Å². The van der Waals surface area contributed by atoms with Crippen LogP contribution in [0.15, 0.2) is 41.3 Å². The first kappa shape index (κ1) is 22.3. The Labute approximate surface area is 193 Å². The average Bonchev–Trinajstić information content (AvgIpc) is 3.43. The Morgan fingerprint density at radius 1 is 1.19 bits per heavy atom. The number of aryl methyl sites for hydroxylation is 3. The summed E-state index contributed by atoms with van der Waals surface area (Å²) in [7, 11) is 0. The lowest BCUT2D eigenvalue weighted by Crippen LogP contribution is -2.37. The van der Waals surface area contributed by atoms with E-state index in [4.69, 9.17) is 9.72 Å². The fourth-order valence-corrected chi connectivity index (χ4v) is 5.70. The molecule has 2 heterocycles. The number of benzene rings is 2. The summed E-state index contributed by atoms with van der Waals surface area (Å²) in [5.41, 5.74) is 4.71. The van der Waals surface area contributed by atoms with Crippen LogP contribution in [0, 0.1) is 20.8 Å². The molecule has 2 aromatic carbocycles. The molecule has 1 amide bonds. The Hall–Kier alpha value is -1.89. The molecule has 6 heteroatoms. The van der Waals surface area contributed by atoms with E-state index in [-0.39, 0.29) is 12.0 Å². The van der Waals surface area contributed by atoms with Gasteiger partial charge in [-0.1, -0.05) is 35.1 Å². The Balaban J connectivity index is 1.44. The first-order valence-corrected chi connectivity index (χ1v) is 12.8. The number of amides is 1. The molecule has 0 saturated carbocycles. The van der Waals surface area contributed by atoms with Crippen molar-refractivity contribution in [1.29, 1.82) is 0 Å². The smallest absolute Gasteiger partial charge is 0.228 e. The van der Waals surface area contributed by atoms with Crippen molar-refractivity contribution in [3.8, 4) is 0 Å². The van der Waals surface area contributed by atoms with E-state index in [1.165, 1.54) is 21.6 Å². The zero-order valence-electron chi connectivity index (χ0n) is 18.5. The van der Waals surface area contributed by atoms with Gasteiger partial charge in [-0.15, -0.1) is 11.8 Å². The first-order valence-electron chi connectivity index (χ1n) is 11.0. The number of nitrogens with zero attached hydrogens (tertiary/aromatic N) is 2. The number of carbonyl (C=O) groups is 1. The normalized spacial score (nSPS) is 16.2. The van der Waals surface area contributed by atoms with Gasteiger partial charge in [-0.2, -0.15) is 0 Å². The fourth-order valence-electron chi connectivity index (χ4n) is 3.79. The molecular formula is C25H30N2O2S2. The number of hydrogen-bond donors (Lipinski definition) is 0. The maximum Gasteiger partial charge on any atom is 0.228 e. The Morgan fingerprint density at radius 3 is 2.74 bits per heavy atom.